The van der Waals surface area contributed by atoms with Crippen molar-refractivity contribution in [2.75, 3.05) is 52.3 Å². The standard InChI is InChI=1S/C30H33FN4O3/c1-30(37,22-8-12-24(32-2)13-9-22)20-34-16-17-35(28(19-34)21-6-10-23(31)11-7-21)27-15-14-25(38-5)18-26(27)29(36)33(3)4/h6-15,18,28,37H,16-17,19-20H2,1,3-5H3/t28-,30+/m0/s1. The predicted octanol–water partition coefficient (Wildman–Crippen LogP) is 4.86. The third-order valence-electron chi connectivity index (χ3n) is 7.02. The Bertz CT molecular complexity index is 1320. The molecule has 0 radical (unpaired) electrons. The van der Waals surface area contributed by atoms with E-state index in [1.807, 2.05) is 12.1 Å². The Labute approximate surface area is 223 Å². The van der Waals surface area contributed by atoms with Crippen molar-refractivity contribution >= 4 is 17.3 Å². The molecule has 0 aromatic heterocycles. The SMILES string of the molecule is [C-]#[N+]c1ccc([C@](C)(O)CN2CCN(c3ccc(OC)cc3C(=O)N(C)C)[C@H](c3ccc(F)cc3)C2)cc1. The summed E-state index contributed by atoms with van der Waals surface area (Å²) in [6, 6.07) is 18.7. The maximum Gasteiger partial charge on any atom is 0.255 e. The Kier molecular flexibility index (Phi) is 8.00. The van der Waals surface area contributed by atoms with E-state index in [0.717, 1.165) is 16.8 Å². The molecule has 1 amide bonds. The highest BCUT2D eigenvalue weighted by molar-refractivity contribution is 6.00. The van der Waals surface area contributed by atoms with Crippen LogP contribution in [-0.4, -0.2) is 68.2 Å². The van der Waals surface area contributed by atoms with Crippen LogP contribution in [0.15, 0.2) is 66.7 Å². The molecule has 1 saturated heterocycles. The largest absolute Gasteiger partial charge is 0.497 e. The summed E-state index contributed by atoms with van der Waals surface area (Å²) >= 11 is 0. The summed E-state index contributed by atoms with van der Waals surface area (Å²) < 4.78 is 19.2. The quantitative estimate of drug-likeness (QED) is 0.455. The average Bonchev–Trinajstić information content (AvgIpc) is 2.92. The number of carbonyl (C=O) groups excluding carboxylic acids is 1. The summed E-state index contributed by atoms with van der Waals surface area (Å²) in [6.07, 6.45) is 0. The molecule has 198 valence electrons. The molecule has 0 spiro atoms. The van der Waals surface area contributed by atoms with Crippen molar-refractivity contribution in [2.24, 2.45) is 0 Å². The van der Waals surface area contributed by atoms with Gasteiger partial charge in [-0.3, -0.25) is 9.69 Å². The van der Waals surface area contributed by atoms with Crippen molar-refractivity contribution in [1.82, 2.24) is 9.80 Å². The Morgan fingerprint density at radius 3 is 2.42 bits per heavy atom. The van der Waals surface area contributed by atoms with E-state index in [4.69, 9.17) is 11.3 Å². The number of ether oxygens (including phenoxy) is 1. The molecule has 2 atom stereocenters. The lowest BCUT2D eigenvalue weighted by Gasteiger charge is -2.45. The lowest BCUT2D eigenvalue weighted by Crippen LogP contribution is -2.52. The van der Waals surface area contributed by atoms with E-state index in [1.54, 1.807) is 70.6 Å². The van der Waals surface area contributed by atoms with Crippen LogP contribution >= 0.6 is 0 Å². The van der Waals surface area contributed by atoms with Gasteiger partial charge >= 0.3 is 0 Å². The number of nitrogens with zero attached hydrogens (tertiary/aromatic N) is 4. The zero-order chi connectivity index (χ0) is 27.4. The molecule has 7 nitrogen and oxygen atoms in total. The van der Waals surface area contributed by atoms with Gasteiger partial charge in [0.05, 0.1) is 36.6 Å². The van der Waals surface area contributed by atoms with E-state index in [2.05, 4.69) is 14.6 Å². The second kappa shape index (κ2) is 11.2. The monoisotopic (exact) mass is 516 g/mol. The van der Waals surface area contributed by atoms with E-state index >= 15 is 0 Å². The van der Waals surface area contributed by atoms with Gasteiger partial charge in [0, 0.05) is 40.3 Å². The average molecular weight is 517 g/mol. The first-order chi connectivity index (χ1) is 18.1. The fourth-order valence-electron chi connectivity index (χ4n) is 4.97. The number of β-amino-alcohol motifs (C(OH)–C–C–N with tert-alkyl or cyclic N) is 1. The molecular weight excluding hydrogens is 483 g/mol. The number of amides is 1. The van der Waals surface area contributed by atoms with Crippen molar-refractivity contribution < 1.29 is 19.0 Å². The fraction of sp³-hybridized carbons (Fsp3) is 0.333. The van der Waals surface area contributed by atoms with Gasteiger partial charge in [0.15, 0.2) is 5.69 Å². The smallest absolute Gasteiger partial charge is 0.255 e. The molecule has 1 fully saturated rings. The van der Waals surface area contributed by atoms with Gasteiger partial charge in [0.1, 0.15) is 11.6 Å². The number of aliphatic hydroxyl groups is 1. The molecule has 0 bridgehead atoms. The lowest BCUT2D eigenvalue weighted by atomic mass is 9.93. The van der Waals surface area contributed by atoms with Gasteiger partial charge in [0.25, 0.3) is 5.91 Å². The third-order valence-corrected chi connectivity index (χ3v) is 7.02. The van der Waals surface area contributed by atoms with Crippen molar-refractivity contribution in [3.8, 4) is 5.75 Å². The minimum Gasteiger partial charge on any atom is -0.497 e. The summed E-state index contributed by atoms with van der Waals surface area (Å²) in [4.78, 5) is 22.5. The molecule has 0 aliphatic carbocycles. The highest BCUT2D eigenvalue weighted by atomic mass is 19.1. The van der Waals surface area contributed by atoms with Crippen molar-refractivity contribution in [3.05, 3.63) is 101 Å². The van der Waals surface area contributed by atoms with Gasteiger partial charge in [-0.15, -0.1) is 0 Å². The van der Waals surface area contributed by atoms with Gasteiger partial charge in [-0.05, 0) is 48.4 Å². The first-order valence-corrected chi connectivity index (χ1v) is 12.5. The molecule has 38 heavy (non-hydrogen) atoms. The highest BCUT2D eigenvalue weighted by Crippen LogP contribution is 2.36. The van der Waals surface area contributed by atoms with E-state index in [0.29, 0.717) is 43.2 Å². The minimum absolute atomic E-state index is 0.134. The normalized spacial score (nSPS) is 17.4. The first-order valence-electron chi connectivity index (χ1n) is 12.5. The maximum atomic E-state index is 13.8. The van der Waals surface area contributed by atoms with Crippen LogP contribution in [0.4, 0.5) is 15.8 Å². The van der Waals surface area contributed by atoms with Crippen molar-refractivity contribution in [3.63, 3.8) is 0 Å². The molecule has 0 saturated carbocycles. The molecule has 1 aliphatic heterocycles. The van der Waals surface area contributed by atoms with Gasteiger partial charge in [-0.25, -0.2) is 9.24 Å². The molecular formula is C30H33FN4O3. The zero-order valence-corrected chi connectivity index (χ0v) is 22.2. The maximum absolute atomic E-state index is 13.8. The summed E-state index contributed by atoms with van der Waals surface area (Å²) in [5.41, 5.74) is 2.34. The van der Waals surface area contributed by atoms with Gasteiger partial charge in [-0.2, -0.15) is 0 Å². The number of rotatable bonds is 7. The third kappa shape index (κ3) is 5.80. The number of hydrogen-bond acceptors (Lipinski definition) is 5. The number of halogens is 1. The summed E-state index contributed by atoms with van der Waals surface area (Å²) in [7, 11) is 5.00. The van der Waals surface area contributed by atoms with Crippen molar-refractivity contribution in [2.45, 2.75) is 18.6 Å². The summed E-state index contributed by atoms with van der Waals surface area (Å²) in [5.74, 6) is 0.146. The second-order valence-electron chi connectivity index (χ2n) is 10.0. The lowest BCUT2D eigenvalue weighted by molar-refractivity contribution is 0.0103. The van der Waals surface area contributed by atoms with Crippen LogP contribution in [0.25, 0.3) is 4.85 Å². The molecule has 3 aromatic rings. The van der Waals surface area contributed by atoms with Gasteiger partial charge in [-0.1, -0.05) is 36.4 Å². The molecule has 8 heteroatoms. The predicted molar refractivity (Wildman–Crippen MR) is 146 cm³/mol. The number of piperazine rings is 1. The Hall–Kier alpha value is -3.93. The van der Waals surface area contributed by atoms with Gasteiger partial charge in [0.2, 0.25) is 0 Å². The number of methoxy groups -OCH3 is 1. The van der Waals surface area contributed by atoms with Crippen LogP contribution in [-0.2, 0) is 5.60 Å². The molecule has 1 N–H and O–H groups in total. The van der Waals surface area contributed by atoms with Crippen LogP contribution in [0, 0.1) is 12.4 Å². The molecule has 1 heterocycles. The second-order valence-corrected chi connectivity index (χ2v) is 10.0. The Morgan fingerprint density at radius 1 is 1.13 bits per heavy atom. The Balaban J connectivity index is 1.67. The van der Waals surface area contributed by atoms with Gasteiger partial charge < -0.3 is 19.6 Å². The minimum atomic E-state index is -1.14. The molecule has 4 rings (SSSR count). The van der Waals surface area contributed by atoms with Crippen LogP contribution in [0.5, 0.6) is 5.75 Å². The number of benzene rings is 3. The number of hydrogen-bond donors (Lipinski definition) is 1. The van der Waals surface area contributed by atoms with Crippen LogP contribution < -0.4 is 9.64 Å². The fourth-order valence-corrected chi connectivity index (χ4v) is 4.97. The van der Waals surface area contributed by atoms with E-state index in [-0.39, 0.29) is 17.8 Å². The van der Waals surface area contributed by atoms with Crippen LogP contribution in [0.1, 0.15) is 34.5 Å². The Morgan fingerprint density at radius 2 is 1.82 bits per heavy atom. The van der Waals surface area contributed by atoms with E-state index < -0.39 is 5.60 Å². The molecule has 1 aliphatic rings. The number of carbonyl (C=O) groups is 1. The zero-order valence-electron chi connectivity index (χ0n) is 22.2. The van der Waals surface area contributed by atoms with E-state index in [1.165, 1.54) is 17.0 Å². The van der Waals surface area contributed by atoms with Crippen LogP contribution in [0.2, 0.25) is 0 Å². The highest BCUT2D eigenvalue weighted by Gasteiger charge is 2.35. The topological polar surface area (TPSA) is 60.6 Å². The van der Waals surface area contributed by atoms with Crippen LogP contribution in [0.3, 0.4) is 0 Å². The molecule has 3 aromatic carbocycles. The summed E-state index contributed by atoms with van der Waals surface area (Å²) in [6.45, 7) is 11.1. The molecule has 0 unspecified atom stereocenters. The number of anilines is 1. The first kappa shape index (κ1) is 27.1. The summed E-state index contributed by atoms with van der Waals surface area (Å²) in [5, 5.41) is 11.4. The van der Waals surface area contributed by atoms with Crippen molar-refractivity contribution in [1.29, 1.82) is 0 Å². The van der Waals surface area contributed by atoms with E-state index in [9.17, 15) is 14.3 Å².